The maximum atomic E-state index is 5.63. The second-order valence-corrected chi connectivity index (χ2v) is 5.16. The fourth-order valence-corrected chi connectivity index (χ4v) is 2.40. The lowest BCUT2D eigenvalue weighted by Crippen LogP contribution is -2.14. The molecule has 0 radical (unpaired) electrons. The smallest absolute Gasteiger partial charge is 0.162 e. The van der Waals surface area contributed by atoms with Gasteiger partial charge in [0.1, 0.15) is 5.82 Å². The molecule has 114 valence electrons. The third kappa shape index (κ3) is 3.19. The van der Waals surface area contributed by atoms with Crippen LogP contribution in [0.1, 0.15) is 12.0 Å². The first-order chi connectivity index (χ1) is 10.1. The lowest BCUT2D eigenvalue weighted by molar-refractivity contribution is 0.356. The largest absolute Gasteiger partial charge is 0.493 e. The zero-order valence-electron chi connectivity index (χ0n) is 13.1. The highest BCUT2D eigenvalue weighted by atomic mass is 16.5. The highest BCUT2D eigenvalue weighted by Gasteiger charge is 2.12. The molecule has 0 aliphatic heterocycles. The minimum atomic E-state index is 0.677. The molecule has 0 aliphatic rings. The summed E-state index contributed by atoms with van der Waals surface area (Å²) in [6, 6.07) is 6.04. The maximum absolute atomic E-state index is 5.63. The van der Waals surface area contributed by atoms with Crippen molar-refractivity contribution >= 4 is 16.7 Å². The molecule has 0 amide bonds. The molecule has 0 unspecified atom stereocenters. The van der Waals surface area contributed by atoms with Crippen LogP contribution in [-0.4, -0.2) is 39.8 Å². The molecular formula is C16H23N3O2. The van der Waals surface area contributed by atoms with Gasteiger partial charge in [-0.2, -0.15) is 0 Å². The number of nitrogens with two attached hydrogens (primary N) is 1. The number of anilines is 1. The van der Waals surface area contributed by atoms with Gasteiger partial charge in [-0.1, -0.05) is 0 Å². The number of benzene rings is 1. The van der Waals surface area contributed by atoms with Gasteiger partial charge in [0.2, 0.25) is 0 Å². The fourth-order valence-electron chi connectivity index (χ4n) is 2.40. The quantitative estimate of drug-likeness (QED) is 0.883. The standard InChI is InChI=1S/C16H23N3O2/c1-19(2)16-11(6-5-7-17)8-12-9-14(20-3)15(21-4)10-13(12)18-16/h8-10H,5-7,17H2,1-4H3. The summed E-state index contributed by atoms with van der Waals surface area (Å²) < 4.78 is 10.7. The minimum absolute atomic E-state index is 0.677. The number of aryl methyl sites for hydroxylation is 1. The van der Waals surface area contributed by atoms with E-state index in [0.717, 1.165) is 29.6 Å². The van der Waals surface area contributed by atoms with Gasteiger partial charge < -0.3 is 20.1 Å². The first-order valence-corrected chi connectivity index (χ1v) is 7.03. The number of pyridine rings is 1. The number of hydrogen-bond donors (Lipinski definition) is 1. The molecule has 0 atom stereocenters. The topological polar surface area (TPSA) is 60.6 Å². The predicted molar refractivity (Wildman–Crippen MR) is 86.5 cm³/mol. The van der Waals surface area contributed by atoms with Crippen LogP contribution >= 0.6 is 0 Å². The number of rotatable bonds is 6. The Balaban J connectivity index is 2.60. The number of nitrogens with zero attached hydrogens (tertiary/aromatic N) is 2. The van der Waals surface area contributed by atoms with Crippen molar-refractivity contribution in [3.05, 3.63) is 23.8 Å². The van der Waals surface area contributed by atoms with Gasteiger partial charge in [0.25, 0.3) is 0 Å². The number of fused-ring (bicyclic) bond motifs is 1. The second-order valence-electron chi connectivity index (χ2n) is 5.16. The van der Waals surface area contributed by atoms with Gasteiger partial charge in [-0.3, -0.25) is 0 Å². The van der Waals surface area contributed by atoms with Crippen molar-refractivity contribution in [3.8, 4) is 11.5 Å². The van der Waals surface area contributed by atoms with Gasteiger partial charge in [-0.05, 0) is 37.1 Å². The number of ether oxygens (including phenoxy) is 2. The van der Waals surface area contributed by atoms with Crippen LogP contribution in [0.25, 0.3) is 10.9 Å². The van der Waals surface area contributed by atoms with Crippen molar-refractivity contribution in [1.82, 2.24) is 4.98 Å². The van der Waals surface area contributed by atoms with Crippen LogP contribution in [0.3, 0.4) is 0 Å². The molecular weight excluding hydrogens is 266 g/mol. The molecule has 2 aromatic rings. The van der Waals surface area contributed by atoms with Gasteiger partial charge in [-0.25, -0.2) is 4.98 Å². The van der Waals surface area contributed by atoms with Crippen LogP contribution in [-0.2, 0) is 6.42 Å². The Hall–Kier alpha value is -2.01. The average molecular weight is 289 g/mol. The van der Waals surface area contributed by atoms with Crippen molar-refractivity contribution in [2.24, 2.45) is 5.73 Å². The van der Waals surface area contributed by atoms with Gasteiger partial charge in [0, 0.05) is 25.5 Å². The third-order valence-electron chi connectivity index (χ3n) is 3.45. The molecule has 2 N–H and O–H groups in total. The van der Waals surface area contributed by atoms with E-state index >= 15 is 0 Å². The van der Waals surface area contributed by atoms with Crippen LogP contribution in [0, 0.1) is 0 Å². The summed E-state index contributed by atoms with van der Waals surface area (Å²) in [6.07, 6.45) is 1.86. The number of hydrogen-bond acceptors (Lipinski definition) is 5. The van der Waals surface area contributed by atoms with Crippen LogP contribution in [0.2, 0.25) is 0 Å². The molecule has 0 aliphatic carbocycles. The van der Waals surface area contributed by atoms with E-state index in [1.807, 2.05) is 31.1 Å². The molecule has 0 saturated carbocycles. The lowest BCUT2D eigenvalue weighted by atomic mass is 10.1. The minimum Gasteiger partial charge on any atom is -0.493 e. The Labute approximate surface area is 125 Å². The molecule has 0 bridgehead atoms. The molecule has 1 heterocycles. The molecule has 0 fully saturated rings. The molecule has 5 nitrogen and oxygen atoms in total. The van der Waals surface area contributed by atoms with Crippen LogP contribution in [0.4, 0.5) is 5.82 Å². The van der Waals surface area contributed by atoms with Crippen molar-refractivity contribution < 1.29 is 9.47 Å². The second kappa shape index (κ2) is 6.63. The zero-order valence-corrected chi connectivity index (χ0v) is 13.1. The molecule has 2 rings (SSSR count). The van der Waals surface area contributed by atoms with E-state index in [9.17, 15) is 0 Å². The average Bonchev–Trinajstić information content (AvgIpc) is 2.50. The zero-order chi connectivity index (χ0) is 15.4. The third-order valence-corrected chi connectivity index (χ3v) is 3.45. The van der Waals surface area contributed by atoms with E-state index in [0.29, 0.717) is 18.0 Å². The predicted octanol–water partition coefficient (Wildman–Crippen LogP) is 2.21. The van der Waals surface area contributed by atoms with E-state index in [1.54, 1.807) is 14.2 Å². The lowest BCUT2D eigenvalue weighted by Gasteiger charge is -2.18. The first-order valence-electron chi connectivity index (χ1n) is 7.03. The highest BCUT2D eigenvalue weighted by Crippen LogP contribution is 2.33. The fraction of sp³-hybridized carbons (Fsp3) is 0.438. The number of aromatic nitrogens is 1. The van der Waals surface area contributed by atoms with E-state index in [2.05, 4.69) is 6.07 Å². The first kappa shape index (κ1) is 15.4. The van der Waals surface area contributed by atoms with Gasteiger partial charge in [-0.15, -0.1) is 0 Å². The van der Waals surface area contributed by atoms with Crippen molar-refractivity contribution in [2.45, 2.75) is 12.8 Å². The van der Waals surface area contributed by atoms with E-state index in [1.165, 1.54) is 5.56 Å². The summed E-state index contributed by atoms with van der Waals surface area (Å²) in [5.74, 6) is 2.38. The van der Waals surface area contributed by atoms with Gasteiger partial charge >= 0.3 is 0 Å². The Kier molecular flexibility index (Phi) is 4.85. The summed E-state index contributed by atoms with van der Waals surface area (Å²) in [5, 5.41) is 1.05. The summed E-state index contributed by atoms with van der Waals surface area (Å²) in [4.78, 5) is 6.79. The Morgan fingerprint density at radius 2 is 1.76 bits per heavy atom. The highest BCUT2D eigenvalue weighted by molar-refractivity contribution is 5.85. The Bertz CT molecular complexity index is 626. The monoisotopic (exact) mass is 289 g/mol. The summed E-state index contributed by atoms with van der Waals surface area (Å²) in [5.41, 5.74) is 7.72. The van der Waals surface area contributed by atoms with E-state index in [4.69, 9.17) is 20.2 Å². The van der Waals surface area contributed by atoms with Gasteiger partial charge in [0.15, 0.2) is 11.5 Å². The molecule has 1 aromatic heterocycles. The van der Waals surface area contributed by atoms with Crippen LogP contribution in [0.15, 0.2) is 18.2 Å². The Morgan fingerprint density at radius 1 is 1.10 bits per heavy atom. The van der Waals surface area contributed by atoms with Crippen LogP contribution in [0.5, 0.6) is 11.5 Å². The van der Waals surface area contributed by atoms with Crippen LogP contribution < -0.4 is 20.1 Å². The summed E-state index contributed by atoms with van der Waals surface area (Å²) >= 11 is 0. The molecule has 1 aromatic carbocycles. The van der Waals surface area contributed by atoms with Crippen molar-refractivity contribution in [3.63, 3.8) is 0 Å². The van der Waals surface area contributed by atoms with Crippen molar-refractivity contribution in [2.75, 3.05) is 39.8 Å². The molecule has 21 heavy (non-hydrogen) atoms. The van der Waals surface area contributed by atoms with E-state index in [-0.39, 0.29) is 0 Å². The summed E-state index contributed by atoms with van der Waals surface area (Å²) in [7, 11) is 7.27. The SMILES string of the molecule is COc1cc2cc(CCCN)c(N(C)C)nc2cc1OC. The van der Waals surface area contributed by atoms with Crippen molar-refractivity contribution in [1.29, 1.82) is 0 Å². The number of methoxy groups -OCH3 is 2. The Morgan fingerprint density at radius 3 is 2.33 bits per heavy atom. The molecule has 5 heteroatoms. The molecule has 0 spiro atoms. The normalized spacial score (nSPS) is 10.7. The maximum Gasteiger partial charge on any atom is 0.162 e. The van der Waals surface area contributed by atoms with E-state index < -0.39 is 0 Å². The molecule has 0 saturated heterocycles. The summed E-state index contributed by atoms with van der Waals surface area (Å²) in [6.45, 7) is 0.677. The van der Waals surface area contributed by atoms with Gasteiger partial charge in [0.05, 0.1) is 19.7 Å².